The van der Waals surface area contributed by atoms with Crippen LogP contribution in [0.4, 0.5) is 5.69 Å². The Bertz CT molecular complexity index is 1010. The summed E-state index contributed by atoms with van der Waals surface area (Å²) in [6.07, 6.45) is 3.83. The van der Waals surface area contributed by atoms with E-state index in [9.17, 15) is 4.79 Å². The summed E-state index contributed by atoms with van der Waals surface area (Å²) in [7, 11) is 3.94. The maximum absolute atomic E-state index is 13.0. The number of aromatic nitrogens is 3. The normalized spacial score (nSPS) is 12.0. The molecule has 1 N–H and O–H groups in total. The molecular weight excluding hydrogens is 316 g/mol. The molecule has 0 bridgehead atoms. The molecule has 3 aromatic rings. The van der Waals surface area contributed by atoms with Gasteiger partial charge in [0.15, 0.2) is 0 Å². The maximum atomic E-state index is 13.0. The van der Waals surface area contributed by atoms with Gasteiger partial charge in [-0.1, -0.05) is 12.1 Å². The van der Waals surface area contributed by atoms with Gasteiger partial charge >= 0.3 is 0 Å². The third-order valence-electron chi connectivity index (χ3n) is 4.53. The summed E-state index contributed by atoms with van der Waals surface area (Å²) in [6.45, 7) is -0.0219. The van der Waals surface area contributed by atoms with Gasteiger partial charge in [0.25, 0.3) is 5.56 Å². The highest BCUT2D eigenvalue weighted by atomic mass is 16.3. The van der Waals surface area contributed by atoms with Gasteiger partial charge in [0, 0.05) is 38.0 Å². The first-order chi connectivity index (χ1) is 12.1. The van der Waals surface area contributed by atoms with Crippen LogP contribution in [0.1, 0.15) is 16.8 Å². The number of hydrogen-bond donors (Lipinski definition) is 1. The van der Waals surface area contributed by atoms with E-state index in [-0.39, 0.29) is 12.2 Å². The molecule has 1 aromatic carbocycles. The molecule has 126 valence electrons. The average molecular weight is 334 g/mol. The summed E-state index contributed by atoms with van der Waals surface area (Å²) in [5.74, 6) is 0. The first-order valence-electron chi connectivity index (χ1n) is 8.06. The van der Waals surface area contributed by atoms with Crippen molar-refractivity contribution in [2.75, 3.05) is 19.0 Å². The van der Waals surface area contributed by atoms with Gasteiger partial charge in [-0.3, -0.25) is 14.3 Å². The van der Waals surface area contributed by atoms with Gasteiger partial charge in [0.1, 0.15) is 6.33 Å². The van der Waals surface area contributed by atoms with E-state index in [1.165, 1.54) is 0 Å². The molecule has 0 amide bonds. The molecule has 1 aliphatic carbocycles. The van der Waals surface area contributed by atoms with Gasteiger partial charge in [-0.25, -0.2) is 4.98 Å². The van der Waals surface area contributed by atoms with Crippen LogP contribution in [0.15, 0.2) is 47.7 Å². The monoisotopic (exact) mass is 334 g/mol. The van der Waals surface area contributed by atoms with Gasteiger partial charge in [-0.2, -0.15) is 0 Å². The second kappa shape index (κ2) is 5.82. The van der Waals surface area contributed by atoms with E-state index in [0.29, 0.717) is 12.0 Å². The molecule has 4 rings (SSSR count). The minimum atomic E-state index is -0.0792. The van der Waals surface area contributed by atoms with Crippen molar-refractivity contribution in [3.8, 4) is 16.9 Å². The summed E-state index contributed by atoms with van der Waals surface area (Å²) < 4.78 is 1.54. The molecule has 0 aliphatic heterocycles. The average Bonchev–Trinajstić information content (AvgIpc) is 3.02. The Balaban J connectivity index is 1.86. The molecule has 0 unspecified atom stereocenters. The van der Waals surface area contributed by atoms with Crippen molar-refractivity contribution in [1.82, 2.24) is 14.5 Å². The molecule has 6 heteroatoms. The zero-order chi connectivity index (χ0) is 17.6. The minimum Gasteiger partial charge on any atom is -0.392 e. The summed E-state index contributed by atoms with van der Waals surface area (Å²) in [4.78, 5) is 24.0. The number of aliphatic hydroxyl groups is 1. The molecule has 0 atom stereocenters. The van der Waals surface area contributed by atoms with Crippen LogP contribution in [0.3, 0.4) is 0 Å². The smallest absolute Gasteiger partial charge is 0.262 e. The first kappa shape index (κ1) is 15.5. The Morgan fingerprint density at radius 2 is 1.92 bits per heavy atom. The Hall–Kier alpha value is -2.99. The van der Waals surface area contributed by atoms with Crippen molar-refractivity contribution < 1.29 is 5.11 Å². The predicted molar refractivity (Wildman–Crippen MR) is 96.1 cm³/mol. The second-order valence-corrected chi connectivity index (χ2v) is 6.29. The number of pyridine rings is 1. The number of rotatable bonds is 3. The van der Waals surface area contributed by atoms with Crippen molar-refractivity contribution in [3.05, 3.63) is 70.0 Å². The minimum absolute atomic E-state index is 0.0219. The van der Waals surface area contributed by atoms with Crippen molar-refractivity contribution in [3.63, 3.8) is 0 Å². The fourth-order valence-corrected chi connectivity index (χ4v) is 3.24. The van der Waals surface area contributed by atoms with Crippen LogP contribution in [0.5, 0.6) is 0 Å². The Labute approximate surface area is 145 Å². The number of anilines is 1. The van der Waals surface area contributed by atoms with E-state index in [2.05, 4.69) is 9.97 Å². The van der Waals surface area contributed by atoms with Gasteiger partial charge in [0.05, 0.1) is 29.2 Å². The molecule has 0 fully saturated rings. The molecule has 2 heterocycles. The van der Waals surface area contributed by atoms with E-state index < -0.39 is 0 Å². The molecule has 2 aromatic heterocycles. The van der Waals surface area contributed by atoms with Crippen LogP contribution in [-0.2, 0) is 13.0 Å². The summed E-state index contributed by atoms with van der Waals surface area (Å²) in [5, 5.41) is 9.16. The summed E-state index contributed by atoms with van der Waals surface area (Å²) in [5.41, 5.74) is 5.70. The van der Waals surface area contributed by atoms with Crippen LogP contribution >= 0.6 is 0 Å². The number of hydrogen-bond acceptors (Lipinski definition) is 5. The largest absolute Gasteiger partial charge is 0.392 e. The van der Waals surface area contributed by atoms with Crippen molar-refractivity contribution in [1.29, 1.82) is 0 Å². The van der Waals surface area contributed by atoms with Crippen LogP contribution < -0.4 is 10.5 Å². The zero-order valence-corrected chi connectivity index (χ0v) is 14.1. The first-order valence-corrected chi connectivity index (χ1v) is 8.06. The van der Waals surface area contributed by atoms with E-state index in [0.717, 1.165) is 33.9 Å². The third kappa shape index (κ3) is 2.42. The van der Waals surface area contributed by atoms with Crippen molar-refractivity contribution in [2.24, 2.45) is 0 Å². The number of fused-ring (bicyclic) bond motifs is 3. The lowest BCUT2D eigenvalue weighted by atomic mass is 10.1. The van der Waals surface area contributed by atoms with Crippen LogP contribution in [-0.4, -0.2) is 33.7 Å². The highest BCUT2D eigenvalue weighted by Crippen LogP contribution is 2.38. The Morgan fingerprint density at radius 3 is 2.60 bits per heavy atom. The lowest BCUT2D eigenvalue weighted by Gasteiger charge is -2.16. The van der Waals surface area contributed by atoms with Gasteiger partial charge in [0.2, 0.25) is 0 Å². The summed E-state index contributed by atoms with van der Waals surface area (Å²) >= 11 is 0. The fraction of sp³-hybridized carbons (Fsp3) is 0.211. The molecule has 6 nitrogen and oxygen atoms in total. The molecule has 0 saturated heterocycles. The van der Waals surface area contributed by atoms with Crippen molar-refractivity contribution in [2.45, 2.75) is 13.0 Å². The molecule has 25 heavy (non-hydrogen) atoms. The number of aliphatic hydroxyl groups excluding tert-OH is 1. The maximum Gasteiger partial charge on any atom is 0.262 e. The lowest BCUT2D eigenvalue weighted by Crippen LogP contribution is -2.22. The molecular formula is C19H18N4O2. The van der Waals surface area contributed by atoms with Gasteiger partial charge < -0.3 is 10.0 Å². The molecule has 0 radical (unpaired) electrons. The highest BCUT2D eigenvalue weighted by molar-refractivity contribution is 5.83. The lowest BCUT2D eigenvalue weighted by molar-refractivity contribution is 0.282. The van der Waals surface area contributed by atoms with E-state index in [1.807, 2.05) is 37.2 Å². The standard InChI is InChI=1S/C19H18N4O2/c1-22(2)16-7-8-20-15-9-14-18(17(15)16)21-11-23(19(14)25)13-5-3-12(10-24)4-6-13/h3-8,11,24H,9-10H2,1-2H3. The van der Waals surface area contributed by atoms with E-state index in [4.69, 9.17) is 5.11 Å². The number of benzene rings is 1. The fourth-order valence-electron chi connectivity index (χ4n) is 3.24. The third-order valence-corrected chi connectivity index (χ3v) is 4.53. The predicted octanol–water partition coefficient (Wildman–Crippen LogP) is 1.76. The van der Waals surface area contributed by atoms with Crippen molar-refractivity contribution >= 4 is 5.69 Å². The Morgan fingerprint density at radius 1 is 1.16 bits per heavy atom. The SMILES string of the molecule is CN(C)c1ccnc2c1-c1ncn(-c3ccc(CO)cc3)c(=O)c1C2. The van der Waals surface area contributed by atoms with Gasteiger partial charge in [-0.15, -0.1) is 0 Å². The molecule has 0 saturated carbocycles. The Kier molecular flexibility index (Phi) is 3.62. The van der Waals surface area contributed by atoms with E-state index in [1.54, 1.807) is 29.2 Å². The van der Waals surface area contributed by atoms with Gasteiger partial charge in [-0.05, 0) is 23.8 Å². The van der Waals surface area contributed by atoms with Crippen LogP contribution in [0, 0.1) is 0 Å². The topological polar surface area (TPSA) is 71.2 Å². The van der Waals surface area contributed by atoms with Crippen LogP contribution in [0.2, 0.25) is 0 Å². The molecule has 1 aliphatic rings. The van der Waals surface area contributed by atoms with Crippen LogP contribution in [0.25, 0.3) is 16.9 Å². The molecule has 0 spiro atoms. The zero-order valence-electron chi connectivity index (χ0n) is 14.1. The number of nitrogens with zero attached hydrogens (tertiary/aromatic N) is 4. The quantitative estimate of drug-likeness (QED) is 0.618. The van der Waals surface area contributed by atoms with E-state index >= 15 is 0 Å². The summed E-state index contributed by atoms with van der Waals surface area (Å²) in [6, 6.07) is 9.17. The highest BCUT2D eigenvalue weighted by Gasteiger charge is 2.28. The second-order valence-electron chi connectivity index (χ2n) is 6.29.